The van der Waals surface area contributed by atoms with E-state index in [2.05, 4.69) is 4.98 Å². The average molecular weight is 290 g/mol. The Balaban J connectivity index is 2.63. The molecule has 0 saturated carbocycles. The van der Waals surface area contributed by atoms with Crippen molar-refractivity contribution in [2.24, 2.45) is 0 Å². The fraction of sp³-hybridized carbons (Fsp3) is 0.353. The van der Waals surface area contributed by atoms with E-state index in [1.807, 2.05) is 45.0 Å². The van der Waals surface area contributed by atoms with Crippen molar-refractivity contribution in [1.82, 2.24) is 4.98 Å². The van der Waals surface area contributed by atoms with Crippen LogP contribution in [-0.4, -0.2) is 19.1 Å². The number of pyridine rings is 1. The molecule has 0 aliphatic heterocycles. The van der Waals surface area contributed by atoms with Gasteiger partial charge in [0.1, 0.15) is 11.6 Å². The molecule has 0 aliphatic carbocycles. The second-order valence-electron chi connectivity index (χ2n) is 5.23. The van der Waals surface area contributed by atoms with Crippen molar-refractivity contribution in [1.29, 1.82) is 0 Å². The zero-order valence-corrected chi connectivity index (χ0v) is 12.9. The van der Waals surface area contributed by atoms with Crippen LogP contribution >= 0.6 is 0 Å². The summed E-state index contributed by atoms with van der Waals surface area (Å²) >= 11 is 0. The van der Waals surface area contributed by atoms with E-state index in [0.29, 0.717) is 23.2 Å². The summed E-state index contributed by atoms with van der Waals surface area (Å²) in [5, 5.41) is 0. The van der Waals surface area contributed by atoms with Crippen LogP contribution in [0.15, 0.2) is 24.3 Å². The van der Waals surface area contributed by atoms with Gasteiger partial charge in [0.15, 0.2) is 0 Å². The number of halogens is 2. The number of aromatic nitrogens is 1. The van der Waals surface area contributed by atoms with Crippen LogP contribution in [0.4, 0.5) is 14.5 Å². The summed E-state index contributed by atoms with van der Waals surface area (Å²) in [6.07, 6.45) is 1.28. The lowest BCUT2D eigenvalue weighted by Crippen LogP contribution is -2.10. The van der Waals surface area contributed by atoms with Gasteiger partial charge in [0, 0.05) is 37.1 Å². The maximum atomic E-state index is 14.1. The van der Waals surface area contributed by atoms with Gasteiger partial charge in [-0.3, -0.25) is 4.98 Å². The standard InChI is InChI=1S/C17H20F2N2/c1-5-11-7-14(16(19)10-15(11)18)17-9-13(21(3)4)8-12(6-2)20-17/h7-10H,5-6H2,1-4H3. The number of rotatable bonds is 4. The van der Waals surface area contributed by atoms with Crippen LogP contribution in [0.25, 0.3) is 11.3 Å². The summed E-state index contributed by atoms with van der Waals surface area (Å²) in [7, 11) is 3.86. The van der Waals surface area contributed by atoms with E-state index in [0.717, 1.165) is 23.9 Å². The Morgan fingerprint density at radius 3 is 2.24 bits per heavy atom. The lowest BCUT2D eigenvalue weighted by atomic mass is 10.0. The molecule has 1 aromatic heterocycles. The molecule has 0 aliphatic rings. The zero-order valence-electron chi connectivity index (χ0n) is 12.9. The van der Waals surface area contributed by atoms with Crippen LogP contribution in [0, 0.1) is 11.6 Å². The molecule has 1 aromatic carbocycles. The molecule has 0 atom stereocenters. The van der Waals surface area contributed by atoms with Gasteiger partial charge in [-0.25, -0.2) is 8.78 Å². The van der Waals surface area contributed by atoms with E-state index < -0.39 is 11.6 Å². The Morgan fingerprint density at radius 1 is 0.952 bits per heavy atom. The molecule has 1 heterocycles. The largest absolute Gasteiger partial charge is 0.378 e. The van der Waals surface area contributed by atoms with Gasteiger partial charge in [-0.15, -0.1) is 0 Å². The first-order chi connectivity index (χ1) is 9.96. The number of benzene rings is 1. The first-order valence-electron chi connectivity index (χ1n) is 7.12. The summed E-state index contributed by atoms with van der Waals surface area (Å²) in [5.41, 5.74) is 3.25. The minimum atomic E-state index is -0.574. The Kier molecular flexibility index (Phi) is 4.56. The summed E-state index contributed by atoms with van der Waals surface area (Å²) in [5.74, 6) is -1.08. The van der Waals surface area contributed by atoms with Gasteiger partial charge in [-0.1, -0.05) is 13.8 Å². The molecule has 0 unspecified atom stereocenters. The molecule has 2 aromatic rings. The van der Waals surface area contributed by atoms with Gasteiger partial charge in [0.05, 0.1) is 5.69 Å². The van der Waals surface area contributed by atoms with Crippen molar-refractivity contribution in [3.63, 3.8) is 0 Å². The zero-order chi connectivity index (χ0) is 15.6. The summed E-state index contributed by atoms with van der Waals surface area (Å²) in [6, 6.07) is 6.32. The molecule has 0 fully saturated rings. The quantitative estimate of drug-likeness (QED) is 0.838. The van der Waals surface area contributed by atoms with Gasteiger partial charge in [-0.2, -0.15) is 0 Å². The Labute approximate surface area is 124 Å². The predicted molar refractivity (Wildman–Crippen MR) is 82.7 cm³/mol. The van der Waals surface area contributed by atoms with Crippen molar-refractivity contribution in [2.75, 3.05) is 19.0 Å². The van der Waals surface area contributed by atoms with Crippen molar-refractivity contribution in [3.8, 4) is 11.3 Å². The highest BCUT2D eigenvalue weighted by atomic mass is 19.1. The average Bonchev–Trinajstić information content (AvgIpc) is 2.46. The van der Waals surface area contributed by atoms with Crippen LogP contribution in [0.5, 0.6) is 0 Å². The van der Waals surface area contributed by atoms with Gasteiger partial charge in [-0.05, 0) is 36.6 Å². The van der Waals surface area contributed by atoms with Gasteiger partial charge in [0.2, 0.25) is 0 Å². The fourth-order valence-corrected chi connectivity index (χ4v) is 2.21. The molecule has 0 spiro atoms. The van der Waals surface area contributed by atoms with Crippen LogP contribution in [0.1, 0.15) is 25.1 Å². The highest BCUT2D eigenvalue weighted by Crippen LogP contribution is 2.28. The summed E-state index contributed by atoms with van der Waals surface area (Å²) in [4.78, 5) is 6.43. The Bertz CT molecular complexity index is 651. The Morgan fingerprint density at radius 2 is 1.67 bits per heavy atom. The van der Waals surface area contributed by atoms with Crippen molar-refractivity contribution in [3.05, 3.63) is 47.2 Å². The maximum absolute atomic E-state index is 14.1. The van der Waals surface area contributed by atoms with Crippen LogP contribution < -0.4 is 4.90 Å². The molecule has 21 heavy (non-hydrogen) atoms. The molecule has 112 valence electrons. The highest BCUT2D eigenvalue weighted by molar-refractivity contribution is 5.66. The van der Waals surface area contributed by atoms with E-state index in [9.17, 15) is 8.78 Å². The maximum Gasteiger partial charge on any atom is 0.135 e. The molecule has 2 rings (SSSR count). The van der Waals surface area contributed by atoms with E-state index in [1.165, 1.54) is 0 Å². The molecule has 0 bridgehead atoms. The minimum Gasteiger partial charge on any atom is -0.378 e. The van der Waals surface area contributed by atoms with Crippen molar-refractivity contribution in [2.45, 2.75) is 26.7 Å². The minimum absolute atomic E-state index is 0.353. The van der Waals surface area contributed by atoms with Crippen LogP contribution in [0.3, 0.4) is 0 Å². The van der Waals surface area contributed by atoms with E-state index in [-0.39, 0.29) is 0 Å². The number of nitrogens with zero attached hydrogens (tertiary/aromatic N) is 2. The number of aryl methyl sites for hydroxylation is 2. The second kappa shape index (κ2) is 6.20. The normalized spacial score (nSPS) is 10.8. The summed E-state index contributed by atoms with van der Waals surface area (Å²) in [6.45, 7) is 3.85. The molecule has 2 nitrogen and oxygen atoms in total. The molecule has 0 amide bonds. The van der Waals surface area contributed by atoms with Crippen molar-refractivity contribution >= 4 is 5.69 Å². The van der Waals surface area contributed by atoms with Gasteiger partial charge >= 0.3 is 0 Å². The number of anilines is 1. The third-order valence-corrected chi connectivity index (χ3v) is 3.53. The monoisotopic (exact) mass is 290 g/mol. The highest BCUT2D eigenvalue weighted by Gasteiger charge is 2.13. The lowest BCUT2D eigenvalue weighted by Gasteiger charge is -2.16. The van der Waals surface area contributed by atoms with Gasteiger partial charge in [0.25, 0.3) is 0 Å². The summed E-state index contributed by atoms with van der Waals surface area (Å²) < 4.78 is 27.8. The number of hydrogen-bond donors (Lipinski definition) is 0. The molecule has 0 saturated heterocycles. The first kappa shape index (κ1) is 15.4. The van der Waals surface area contributed by atoms with Gasteiger partial charge < -0.3 is 4.90 Å². The topological polar surface area (TPSA) is 16.1 Å². The van der Waals surface area contributed by atoms with E-state index in [4.69, 9.17) is 0 Å². The molecule has 0 radical (unpaired) electrons. The molecular weight excluding hydrogens is 270 g/mol. The molecular formula is C17H20F2N2. The third kappa shape index (κ3) is 3.20. The third-order valence-electron chi connectivity index (χ3n) is 3.53. The second-order valence-corrected chi connectivity index (χ2v) is 5.23. The van der Waals surface area contributed by atoms with Crippen LogP contribution in [-0.2, 0) is 12.8 Å². The lowest BCUT2D eigenvalue weighted by molar-refractivity contribution is 0.575. The molecule has 0 N–H and O–H groups in total. The van der Waals surface area contributed by atoms with E-state index in [1.54, 1.807) is 6.07 Å². The predicted octanol–water partition coefficient (Wildman–Crippen LogP) is 4.22. The first-order valence-corrected chi connectivity index (χ1v) is 7.12. The fourth-order valence-electron chi connectivity index (χ4n) is 2.21. The number of hydrogen-bond acceptors (Lipinski definition) is 2. The van der Waals surface area contributed by atoms with Crippen LogP contribution in [0.2, 0.25) is 0 Å². The Hall–Kier alpha value is -1.97. The van der Waals surface area contributed by atoms with E-state index >= 15 is 0 Å². The SMILES string of the molecule is CCc1cc(N(C)C)cc(-c2cc(CC)c(F)cc2F)n1. The molecule has 4 heteroatoms. The smallest absolute Gasteiger partial charge is 0.135 e. The van der Waals surface area contributed by atoms with Crippen molar-refractivity contribution < 1.29 is 8.78 Å².